The summed E-state index contributed by atoms with van der Waals surface area (Å²) in [4.78, 5) is 6.79. The lowest BCUT2D eigenvalue weighted by molar-refractivity contribution is 0.526. The fraction of sp³-hybridized carbons (Fsp3) is 0.188. The number of rotatable bonds is 5. The smallest absolute Gasteiger partial charge is 0.0769 e. The monoisotopic (exact) mass is 300 g/mol. The SMILES string of the molecule is C[C@@H](NC(c1cccs1)c1cccs1)c1ccncc1. The van der Waals surface area contributed by atoms with Gasteiger partial charge in [-0.25, -0.2) is 0 Å². The van der Waals surface area contributed by atoms with E-state index in [0.717, 1.165) is 0 Å². The normalized spacial score (nSPS) is 12.7. The van der Waals surface area contributed by atoms with Gasteiger partial charge in [0.2, 0.25) is 0 Å². The van der Waals surface area contributed by atoms with E-state index in [1.54, 1.807) is 22.7 Å². The minimum Gasteiger partial charge on any atom is -0.298 e. The van der Waals surface area contributed by atoms with Gasteiger partial charge in [0.25, 0.3) is 0 Å². The van der Waals surface area contributed by atoms with E-state index in [0.29, 0.717) is 0 Å². The molecular weight excluding hydrogens is 284 g/mol. The highest BCUT2D eigenvalue weighted by Crippen LogP contribution is 2.31. The van der Waals surface area contributed by atoms with Crippen LogP contribution < -0.4 is 5.32 Å². The molecule has 1 atom stereocenters. The van der Waals surface area contributed by atoms with Crippen molar-refractivity contribution in [3.05, 3.63) is 74.9 Å². The van der Waals surface area contributed by atoms with Gasteiger partial charge in [-0.1, -0.05) is 12.1 Å². The van der Waals surface area contributed by atoms with Gasteiger partial charge in [0.05, 0.1) is 6.04 Å². The van der Waals surface area contributed by atoms with E-state index in [1.165, 1.54) is 15.3 Å². The van der Waals surface area contributed by atoms with Crippen molar-refractivity contribution >= 4 is 22.7 Å². The average Bonchev–Trinajstić information content (AvgIpc) is 3.19. The molecule has 0 bridgehead atoms. The summed E-state index contributed by atoms with van der Waals surface area (Å²) < 4.78 is 0. The van der Waals surface area contributed by atoms with Gasteiger partial charge in [0.15, 0.2) is 0 Å². The molecule has 0 aliphatic rings. The molecule has 3 rings (SSSR count). The third kappa shape index (κ3) is 2.98. The zero-order valence-corrected chi connectivity index (χ0v) is 12.8. The molecule has 4 heteroatoms. The first-order valence-corrected chi connectivity index (χ1v) is 8.33. The fourth-order valence-electron chi connectivity index (χ4n) is 2.21. The Morgan fingerprint density at radius 2 is 1.55 bits per heavy atom. The molecule has 0 saturated carbocycles. The number of aromatic nitrogens is 1. The maximum atomic E-state index is 4.08. The van der Waals surface area contributed by atoms with Crippen LogP contribution in [-0.4, -0.2) is 4.98 Å². The largest absolute Gasteiger partial charge is 0.298 e. The molecule has 0 aromatic carbocycles. The summed E-state index contributed by atoms with van der Waals surface area (Å²) in [5.74, 6) is 0. The number of hydrogen-bond donors (Lipinski definition) is 1. The Kier molecular flexibility index (Phi) is 4.25. The molecule has 0 saturated heterocycles. The molecule has 0 unspecified atom stereocenters. The second-order valence-corrected chi connectivity index (χ2v) is 6.59. The van der Waals surface area contributed by atoms with Crippen LogP contribution in [0.2, 0.25) is 0 Å². The van der Waals surface area contributed by atoms with Crippen molar-refractivity contribution in [2.45, 2.75) is 19.0 Å². The van der Waals surface area contributed by atoms with Gasteiger partial charge in [-0.15, -0.1) is 22.7 Å². The third-order valence-corrected chi connectivity index (χ3v) is 5.15. The predicted molar refractivity (Wildman–Crippen MR) is 86.3 cm³/mol. The fourth-order valence-corrected chi connectivity index (χ4v) is 3.89. The Labute approximate surface area is 127 Å². The van der Waals surface area contributed by atoms with Crippen LogP contribution in [0, 0.1) is 0 Å². The number of nitrogens with one attached hydrogen (secondary N) is 1. The van der Waals surface area contributed by atoms with Crippen LogP contribution in [0.25, 0.3) is 0 Å². The molecule has 0 aliphatic heterocycles. The molecule has 0 fully saturated rings. The van der Waals surface area contributed by atoms with Crippen molar-refractivity contribution in [1.29, 1.82) is 0 Å². The van der Waals surface area contributed by atoms with Crippen molar-refractivity contribution in [2.75, 3.05) is 0 Å². The second-order valence-electron chi connectivity index (χ2n) is 4.63. The van der Waals surface area contributed by atoms with Crippen LogP contribution in [-0.2, 0) is 0 Å². The summed E-state index contributed by atoms with van der Waals surface area (Å²) in [6.45, 7) is 2.20. The van der Waals surface area contributed by atoms with Gasteiger partial charge in [-0.3, -0.25) is 10.3 Å². The highest BCUT2D eigenvalue weighted by Gasteiger charge is 2.19. The van der Waals surface area contributed by atoms with Gasteiger partial charge in [0.1, 0.15) is 0 Å². The first-order chi connectivity index (χ1) is 9.84. The molecule has 0 spiro atoms. The molecule has 3 heterocycles. The van der Waals surface area contributed by atoms with Gasteiger partial charge >= 0.3 is 0 Å². The Bertz CT molecular complexity index is 584. The topological polar surface area (TPSA) is 24.9 Å². The van der Waals surface area contributed by atoms with Crippen molar-refractivity contribution in [3.8, 4) is 0 Å². The summed E-state index contributed by atoms with van der Waals surface area (Å²) in [6, 6.07) is 13.3. The van der Waals surface area contributed by atoms with Crippen molar-refractivity contribution < 1.29 is 0 Å². The molecule has 2 nitrogen and oxygen atoms in total. The first-order valence-electron chi connectivity index (χ1n) is 6.57. The van der Waals surface area contributed by atoms with Crippen LogP contribution in [0.15, 0.2) is 59.6 Å². The lowest BCUT2D eigenvalue weighted by Gasteiger charge is -2.22. The molecule has 0 aliphatic carbocycles. The summed E-state index contributed by atoms with van der Waals surface area (Å²) >= 11 is 3.60. The third-order valence-electron chi connectivity index (χ3n) is 3.28. The van der Waals surface area contributed by atoms with E-state index in [2.05, 4.69) is 64.4 Å². The molecule has 20 heavy (non-hydrogen) atoms. The quantitative estimate of drug-likeness (QED) is 0.742. The van der Waals surface area contributed by atoms with Crippen molar-refractivity contribution in [3.63, 3.8) is 0 Å². The van der Waals surface area contributed by atoms with Crippen LogP contribution in [0.3, 0.4) is 0 Å². The highest BCUT2D eigenvalue weighted by molar-refractivity contribution is 7.11. The van der Waals surface area contributed by atoms with Crippen molar-refractivity contribution in [1.82, 2.24) is 10.3 Å². The molecule has 102 valence electrons. The van der Waals surface area contributed by atoms with Crippen LogP contribution in [0.1, 0.15) is 34.3 Å². The molecule has 3 aromatic rings. The summed E-state index contributed by atoms with van der Waals surface area (Å²) in [7, 11) is 0. The summed E-state index contributed by atoms with van der Waals surface area (Å²) in [5, 5.41) is 8.00. The van der Waals surface area contributed by atoms with Gasteiger partial charge in [-0.05, 0) is 47.5 Å². The molecule has 0 amide bonds. The number of hydrogen-bond acceptors (Lipinski definition) is 4. The van der Waals surface area contributed by atoms with E-state index in [-0.39, 0.29) is 12.1 Å². The van der Waals surface area contributed by atoms with Gasteiger partial charge < -0.3 is 0 Å². The minimum absolute atomic E-state index is 0.262. The highest BCUT2D eigenvalue weighted by atomic mass is 32.1. The van der Waals surface area contributed by atoms with E-state index in [9.17, 15) is 0 Å². The lowest BCUT2D eigenvalue weighted by Crippen LogP contribution is -2.24. The maximum Gasteiger partial charge on any atom is 0.0769 e. The first kappa shape index (κ1) is 13.5. The average molecular weight is 300 g/mol. The van der Waals surface area contributed by atoms with Crippen molar-refractivity contribution in [2.24, 2.45) is 0 Å². The number of thiophene rings is 2. The van der Waals surface area contributed by atoms with Crippen LogP contribution in [0.5, 0.6) is 0 Å². The Morgan fingerprint density at radius 1 is 0.950 bits per heavy atom. The summed E-state index contributed by atoms with van der Waals surface area (Å²) in [5.41, 5.74) is 1.26. The lowest BCUT2D eigenvalue weighted by atomic mass is 10.1. The predicted octanol–water partition coefficient (Wildman–Crippen LogP) is 4.64. The van der Waals surface area contributed by atoms with E-state index in [1.807, 2.05) is 12.4 Å². The minimum atomic E-state index is 0.262. The Balaban J connectivity index is 1.84. The molecule has 0 radical (unpaired) electrons. The van der Waals surface area contributed by atoms with Gasteiger partial charge in [0, 0.05) is 28.2 Å². The maximum absolute atomic E-state index is 4.08. The van der Waals surface area contributed by atoms with E-state index in [4.69, 9.17) is 0 Å². The zero-order valence-electron chi connectivity index (χ0n) is 11.2. The molecular formula is C16H16N2S2. The second kappa shape index (κ2) is 6.31. The standard InChI is InChI=1S/C16H16N2S2/c1-12(13-6-8-17-9-7-13)18-16(14-4-2-10-19-14)15-5-3-11-20-15/h2-12,16,18H,1H3/t12-/m1/s1. The van der Waals surface area contributed by atoms with Crippen LogP contribution in [0.4, 0.5) is 0 Å². The van der Waals surface area contributed by atoms with Gasteiger partial charge in [-0.2, -0.15) is 0 Å². The number of pyridine rings is 1. The Hall–Kier alpha value is -1.49. The summed E-state index contributed by atoms with van der Waals surface area (Å²) in [6.07, 6.45) is 3.69. The zero-order chi connectivity index (χ0) is 13.8. The Morgan fingerprint density at radius 3 is 2.05 bits per heavy atom. The van der Waals surface area contributed by atoms with E-state index < -0.39 is 0 Å². The number of nitrogens with zero attached hydrogens (tertiary/aromatic N) is 1. The van der Waals surface area contributed by atoms with E-state index >= 15 is 0 Å². The molecule has 3 aromatic heterocycles. The molecule has 1 N–H and O–H groups in total. The van der Waals surface area contributed by atoms with Crippen LogP contribution >= 0.6 is 22.7 Å².